The Balaban J connectivity index is 1.79. The number of fused-ring (bicyclic) bond motifs is 1. The van der Waals surface area contributed by atoms with Crippen molar-refractivity contribution in [1.29, 1.82) is 0 Å². The van der Waals surface area contributed by atoms with Crippen molar-refractivity contribution in [2.24, 2.45) is 0 Å². The zero-order chi connectivity index (χ0) is 20.8. The fourth-order valence-electron chi connectivity index (χ4n) is 3.27. The van der Waals surface area contributed by atoms with Gasteiger partial charge in [-0.3, -0.25) is 9.59 Å². The third kappa shape index (κ3) is 5.19. The molecule has 1 aliphatic heterocycles. The first-order chi connectivity index (χ1) is 14.0. The van der Waals surface area contributed by atoms with Crippen LogP contribution in [0.4, 0.5) is 0 Å². The highest BCUT2D eigenvalue weighted by molar-refractivity contribution is 5.83. The second-order valence-electron chi connectivity index (χ2n) is 6.76. The minimum absolute atomic E-state index is 0.136. The van der Waals surface area contributed by atoms with Gasteiger partial charge < -0.3 is 23.8 Å². The number of carbonyl (C=O) groups is 2. The van der Waals surface area contributed by atoms with E-state index in [9.17, 15) is 9.59 Å². The number of nitrogens with zero attached hydrogens (tertiary/aromatic N) is 1. The largest absolute Gasteiger partial charge is 0.497 e. The van der Waals surface area contributed by atoms with Crippen LogP contribution in [0.5, 0.6) is 17.2 Å². The molecule has 0 radical (unpaired) electrons. The van der Waals surface area contributed by atoms with Crippen LogP contribution in [0.3, 0.4) is 0 Å². The van der Waals surface area contributed by atoms with Gasteiger partial charge in [-0.15, -0.1) is 0 Å². The maximum atomic E-state index is 13.0. The lowest BCUT2D eigenvalue weighted by Crippen LogP contribution is -2.36. The number of amides is 1. The van der Waals surface area contributed by atoms with Crippen LogP contribution < -0.4 is 14.2 Å². The summed E-state index contributed by atoms with van der Waals surface area (Å²) in [5.74, 6) is 1.45. The van der Waals surface area contributed by atoms with E-state index in [1.54, 1.807) is 20.3 Å². The molecule has 0 N–H and O–H groups in total. The van der Waals surface area contributed by atoms with E-state index in [1.165, 1.54) is 12.0 Å². The maximum absolute atomic E-state index is 13.0. The molecule has 0 aliphatic carbocycles. The van der Waals surface area contributed by atoms with Gasteiger partial charge in [0.2, 0.25) is 5.91 Å². The number of hydrogen-bond acceptors (Lipinski definition) is 6. The van der Waals surface area contributed by atoms with E-state index in [4.69, 9.17) is 18.9 Å². The highest BCUT2D eigenvalue weighted by Gasteiger charge is 2.20. The molecule has 0 unspecified atom stereocenters. The lowest BCUT2D eigenvalue weighted by Gasteiger charge is -2.22. The Morgan fingerprint density at radius 2 is 1.72 bits per heavy atom. The number of hydrogen-bond donors (Lipinski definition) is 0. The second kappa shape index (κ2) is 9.32. The fourth-order valence-corrected chi connectivity index (χ4v) is 3.27. The summed E-state index contributed by atoms with van der Waals surface area (Å²) in [4.78, 5) is 26.4. The van der Waals surface area contributed by atoms with Crippen LogP contribution in [0.2, 0.25) is 0 Å². The number of methoxy groups -OCH3 is 3. The van der Waals surface area contributed by atoms with E-state index in [1.807, 2.05) is 30.3 Å². The molecule has 2 aromatic rings. The molecule has 3 rings (SSSR count). The van der Waals surface area contributed by atoms with Crippen molar-refractivity contribution in [3.63, 3.8) is 0 Å². The minimum Gasteiger partial charge on any atom is -0.497 e. The Kier molecular flexibility index (Phi) is 6.59. The molecule has 0 fully saturated rings. The van der Waals surface area contributed by atoms with Crippen LogP contribution in [0, 0.1) is 0 Å². The SMILES string of the molecule is COC(=O)CN(Cc1cc(OC)cc(OC)c1)C(=O)Cc1ccc2c(c1)CCO2. The van der Waals surface area contributed by atoms with E-state index in [2.05, 4.69) is 0 Å². The Labute approximate surface area is 170 Å². The third-order valence-corrected chi connectivity index (χ3v) is 4.79. The molecule has 1 aliphatic rings. The van der Waals surface area contributed by atoms with Gasteiger partial charge in [0.25, 0.3) is 0 Å². The van der Waals surface area contributed by atoms with Gasteiger partial charge in [-0.05, 0) is 34.9 Å². The van der Waals surface area contributed by atoms with Gasteiger partial charge in [0.15, 0.2) is 0 Å². The number of carbonyl (C=O) groups excluding carboxylic acids is 2. The first-order valence-electron chi connectivity index (χ1n) is 9.33. The molecule has 0 saturated carbocycles. The highest BCUT2D eigenvalue weighted by Crippen LogP contribution is 2.27. The maximum Gasteiger partial charge on any atom is 0.325 e. The Morgan fingerprint density at radius 1 is 1.00 bits per heavy atom. The molecule has 0 bridgehead atoms. The van der Waals surface area contributed by atoms with Crippen molar-refractivity contribution < 1.29 is 28.5 Å². The predicted molar refractivity (Wildman–Crippen MR) is 106 cm³/mol. The number of rotatable bonds is 8. The van der Waals surface area contributed by atoms with Crippen LogP contribution in [0.1, 0.15) is 16.7 Å². The average Bonchev–Trinajstić information content (AvgIpc) is 3.20. The van der Waals surface area contributed by atoms with Crippen molar-refractivity contribution in [1.82, 2.24) is 4.90 Å². The molecule has 0 aromatic heterocycles. The summed E-state index contributed by atoms with van der Waals surface area (Å²) >= 11 is 0. The predicted octanol–water partition coefficient (Wildman–Crippen LogP) is 2.38. The van der Waals surface area contributed by atoms with Crippen molar-refractivity contribution in [2.45, 2.75) is 19.4 Å². The highest BCUT2D eigenvalue weighted by atomic mass is 16.5. The van der Waals surface area contributed by atoms with Crippen molar-refractivity contribution in [3.05, 3.63) is 53.1 Å². The zero-order valence-electron chi connectivity index (χ0n) is 16.9. The summed E-state index contributed by atoms with van der Waals surface area (Å²) < 4.78 is 20.9. The second-order valence-corrected chi connectivity index (χ2v) is 6.76. The molecule has 1 amide bonds. The van der Waals surface area contributed by atoms with Gasteiger partial charge in [0.1, 0.15) is 23.8 Å². The Morgan fingerprint density at radius 3 is 2.38 bits per heavy atom. The first kappa shape index (κ1) is 20.5. The lowest BCUT2D eigenvalue weighted by molar-refractivity contribution is -0.147. The first-order valence-corrected chi connectivity index (χ1v) is 9.33. The van der Waals surface area contributed by atoms with Gasteiger partial charge in [-0.25, -0.2) is 0 Å². The van der Waals surface area contributed by atoms with Crippen molar-refractivity contribution >= 4 is 11.9 Å². The third-order valence-electron chi connectivity index (χ3n) is 4.79. The van der Waals surface area contributed by atoms with Crippen LogP contribution in [0.15, 0.2) is 36.4 Å². The molecular formula is C22H25NO6. The summed E-state index contributed by atoms with van der Waals surface area (Å²) in [5, 5.41) is 0. The number of benzene rings is 2. The zero-order valence-corrected chi connectivity index (χ0v) is 16.9. The summed E-state index contributed by atoms with van der Waals surface area (Å²) in [7, 11) is 4.43. The van der Waals surface area contributed by atoms with E-state index in [0.717, 1.165) is 28.9 Å². The molecule has 0 atom stereocenters. The van der Waals surface area contributed by atoms with Gasteiger partial charge in [-0.2, -0.15) is 0 Å². The molecule has 7 nitrogen and oxygen atoms in total. The number of ether oxygens (including phenoxy) is 4. The summed E-state index contributed by atoms with van der Waals surface area (Å²) in [6.45, 7) is 0.761. The summed E-state index contributed by atoms with van der Waals surface area (Å²) in [5.41, 5.74) is 2.78. The van der Waals surface area contributed by atoms with Crippen molar-refractivity contribution in [3.8, 4) is 17.2 Å². The Bertz CT molecular complexity index is 873. The smallest absolute Gasteiger partial charge is 0.325 e. The van der Waals surface area contributed by atoms with Crippen LogP contribution in [-0.2, 0) is 33.7 Å². The molecule has 29 heavy (non-hydrogen) atoms. The van der Waals surface area contributed by atoms with E-state index in [-0.39, 0.29) is 25.4 Å². The van der Waals surface area contributed by atoms with Gasteiger partial charge in [-0.1, -0.05) is 12.1 Å². The molecule has 7 heteroatoms. The fraction of sp³-hybridized carbons (Fsp3) is 0.364. The quantitative estimate of drug-likeness (QED) is 0.635. The monoisotopic (exact) mass is 399 g/mol. The molecule has 0 saturated heterocycles. The normalized spacial score (nSPS) is 12.0. The Hall–Kier alpha value is -3.22. The van der Waals surface area contributed by atoms with Crippen LogP contribution in [0.25, 0.3) is 0 Å². The van der Waals surface area contributed by atoms with Crippen molar-refractivity contribution in [2.75, 3.05) is 34.5 Å². The molecule has 2 aromatic carbocycles. The lowest BCUT2D eigenvalue weighted by atomic mass is 10.1. The van der Waals surface area contributed by atoms with Crippen LogP contribution >= 0.6 is 0 Å². The van der Waals surface area contributed by atoms with Gasteiger partial charge in [0, 0.05) is 19.0 Å². The average molecular weight is 399 g/mol. The van der Waals surface area contributed by atoms with E-state index >= 15 is 0 Å². The van der Waals surface area contributed by atoms with E-state index in [0.29, 0.717) is 18.1 Å². The van der Waals surface area contributed by atoms with Crippen LogP contribution in [-0.4, -0.2) is 51.3 Å². The summed E-state index contributed by atoms with van der Waals surface area (Å²) in [6, 6.07) is 11.1. The molecule has 0 spiro atoms. The minimum atomic E-state index is -0.476. The van der Waals surface area contributed by atoms with E-state index < -0.39 is 5.97 Å². The molecular weight excluding hydrogens is 374 g/mol. The topological polar surface area (TPSA) is 74.3 Å². The molecule has 154 valence electrons. The van der Waals surface area contributed by atoms with Gasteiger partial charge >= 0.3 is 5.97 Å². The summed E-state index contributed by atoms with van der Waals surface area (Å²) in [6.07, 6.45) is 1.03. The molecule has 1 heterocycles. The standard InChI is InChI=1S/C22H25NO6/c1-26-18-9-16(10-19(12-18)27-2)13-23(14-22(25)28-3)21(24)11-15-4-5-20-17(8-15)6-7-29-20/h4-5,8-10,12H,6-7,11,13-14H2,1-3H3. The number of esters is 1. The van der Waals surface area contributed by atoms with Gasteiger partial charge in [0.05, 0.1) is 34.4 Å².